The molecule has 7 heteroatoms. The van der Waals surface area contributed by atoms with E-state index in [1.165, 1.54) is 19.1 Å². The van der Waals surface area contributed by atoms with Crippen LogP contribution in [0.5, 0.6) is 0 Å². The molecule has 6 nitrogen and oxygen atoms in total. The summed E-state index contributed by atoms with van der Waals surface area (Å²) in [7, 11) is -3.40. The van der Waals surface area contributed by atoms with Crippen molar-refractivity contribution < 1.29 is 13.2 Å². The average Bonchev–Trinajstić information content (AvgIpc) is 3.31. The first-order valence-electron chi connectivity index (χ1n) is 7.88. The summed E-state index contributed by atoms with van der Waals surface area (Å²) in [6.45, 7) is 4.30. The van der Waals surface area contributed by atoms with Crippen molar-refractivity contribution in [1.29, 1.82) is 0 Å². The number of hydrogen-bond donors (Lipinski definition) is 1. The van der Waals surface area contributed by atoms with Crippen LogP contribution in [0.25, 0.3) is 0 Å². The highest BCUT2D eigenvalue weighted by atomic mass is 32.2. The quantitative estimate of drug-likeness (QED) is 0.757. The molecule has 1 saturated carbocycles. The highest BCUT2D eigenvalue weighted by Crippen LogP contribution is 2.32. The van der Waals surface area contributed by atoms with Gasteiger partial charge in [0.05, 0.1) is 0 Å². The summed E-state index contributed by atoms with van der Waals surface area (Å²) in [5, 5.41) is 3.16. The molecule has 21 heavy (non-hydrogen) atoms. The molecule has 0 aromatic heterocycles. The SMILES string of the molecule is CS(=O)(=O)C1(C(=O)N2CCN(C3CC3)CC2)CCNCC1. The maximum atomic E-state index is 12.9. The molecule has 0 radical (unpaired) electrons. The number of carbonyl (C=O) groups excluding carboxylic acids is 1. The Morgan fingerprint density at radius 2 is 1.67 bits per heavy atom. The van der Waals surface area contributed by atoms with Crippen LogP contribution in [0.3, 0.4) is 0 Å². The van der Waals surface area contributed by atoms with Crippen molar-refractivity contribution >= 4 is 15.7 Å². The second-order valence-corrected chi connectivity index (χ2v) is 8.90. The van der Waals surface area contributed by atoms with Crippen LogP contribution in [0.4, 0.5) is 0 Å². The molecule has 2 heterocycles. The molecular formula is C14H25N3O3S. The van der Waals surface area contributed by atoms with Crippen molar-refractivity contribution in [2.75, 3.05) is 45.5 Å². The molecule has 1 amide bonds. The second kappa shape index (κ2) is 5.52. The maximum absolute atomic E-state index is 12.9. The predicted molar refractivity (Wildman–Crippen MR) is 80.9 cm³/mol. The lowest BCUT2D eigenvalue weighted by Crippen LogP contribution is -2.61. The molecule has 0 aromatic carbocycles. The number of rotatable bonds is 3. The van der Waals surface area contributed by atoms with E-state index in [4.69, 9.17) is 0 Å². The second-order valence-electron chi connectivity index (χ2n) is 6.58. The van der Waals surface area contributed by atoms with Crippen LogP contribution in [0.2, 0.25) is 0 Å². The van der Waals surface area contributed by atoms with Crippen molar-refractivity contribution in [3.63, 3.8) is 0 Å². The highest BCUT2D eigenvalue weighted by molar-refractivity contribution is 7.92. The molecule has 0 bridgehead atoms. The number of nitrogens with zero attached hydrogens (tertiary/aromatic N) is 2. The number of hydrogen-bond acceptors (Lipinski definition) is 5. The minimum Gasteiger partial charge on any atom is -0.339 e. The Morgan fingerprint density at radius 1 is 1.10 bits per heavy atom. The van der Waals surface area contributed by atoms with Crippen LogP contribution in [-0.2, 0) is 14.6 Å². The van der Waals surface area contributed by atoms with E-state index in [9.17, 15) is 13.2 Å². The lowest BCUT2D eigenvalue weighted by Gasteiger charge is -2.42. The lowest BCUT2D eigenvalue weighted by atomic mass is 9.95. The van der Waals surface area contributed by atoms with E-state index in [1.54, 1.807) is 4.90 Å². The van der Waals surface area contributed by atoms with Gasteiger partial charge < -0.3 is 10.2 Å². The fraction of sp³-hybridized carbons (Fsp3) is 0.929. The third kappa shape index (κ3) is 2.83. The Labute approximate surface area is 126 Å². The van der Waals surface area contributed by atoms with E-state index >= 15 is 0 Å². The van der Waals surface area contributed by atoms with Gasteiger partial charge in [-0.25, -0.2) is 8.42 Å². The molecule has 3 fully saturated rings. The standard InChI is InChI=1S/C14H25N3O3S/c1-21(19,20)14(4-6-15-7-5-14)13(18)17-10-8-16(9-11-17)12-2-3-12/h12,15H,2-11H2,1H3. The third-order valence-electron chi connectivity index (χ3n) is 5.18. The number of amides is 1. The molecule has 0 spiro atoms. The van der Waals surface area contributed by atoms with Gasteiger partial charge in [0.2, 0.25) is 5.91 Å². The Morgan fingerprint density at radius 3 is 2.14 bits per heavy atom. The number of piperidine rings is 1. The predicted octanol–water partition coefficient (Wildman–Crippen LogP) is -0.540. The summed E-state index contributed by atoms with van der Waals surface area (Å²) in [5.74, 6) is -0.165. The van der Waals surface area contributed by atoms with Gasteiger partial charge in [-0.2, -0.15) is 0 Å². The van der Waals surface area contributed by atoms with Gasteiger partial charge in [0.25, 0.3) is 0 Å². The molecule has 3 aliphatic rings. The van der Waals surface area contributed by atoms with Crippen molar-refractivity contribution in [1.82, 2.24) is 15.1 Å². The van der Waals surface area contributed by atoms with Crippen LogP contribution < -0.4 is 5.32 Å². The van der Waals surface area contributed by atoms with Gasteiger partial charge in [0.1, 0.15) is 0 Å². The van der Waals surface area contributed by atoms with Crippen LogP contribution in [0.15, 0.2) is 0 Å². The first-order valence-corrected chi connectivity index (χ1v) is 9.77. The molecule has 120 valence electrons. The maximum Gasteiger partial charge on any atom is 0.244 e. The van der Waals surface area contributed by atoms with Crippen molar-refractivity contribution in [2.45, 2.75) is 36.5 Å². The fourth-order valence-electron chi connectivity index (χ4n) is 3.59. The van der Waals surface area contributed by atoms with Gasteiger partial charge in [-0.3, -0.25) is 9.69 Å². The largest absolute Gasteiger partial charge is 0.339 e. The van der Waals surface area contributed by atoms with Gasteiger partial charge in [-0.1, -0.05) is 0 Å². The average molecular weight is 315 g/mol. The number of sulfone groups is 1. The van der Waals surface area contributed by atoms with Crippen LogP contribution >= 0.6 is 0 Å². The molecule has 0 unspecified atom stereocenters. The Bertz CT molecular complexity index is 502. The Balaban J connectivity index is 1.72. The molecule has 1 aliphatic carbocycles. The molecule has 2 aliphatic heterocycles. The van der Waals surface area contributed by atoms with E-state index in [2.05, 4.69) is 10.2 Å². The van der Waals surface area contributed by atoms with Crippen molar-refractivity contribution in [2.24, 2.45) is 0 Å². The zero-order chi connectivity index (χ0) is 15.1. The van der Waals surface area contributed by atoms with E-state index < -0.39 is 14.6 Å². The van der Waals surface area contributed by atoms with Gasteiger partial charge >= 0.3 is 0 Å². The summed E-state index contributed by atoms with van der Waals surface area (Å²) in [6.07, 6.45) is 4.55. The lowest BCUT2D eigenvalue weighted by molar-refractivity contribution is -0.136. The summed E-state index contributed by atoms with van der Waals surface area (Å²) in [6, 6.07) is 0.713. The summed E-state index contributed by atoms with van der Waals surface area (Å²) in [5.41, 5.74) is 0. The summed E-state index contributed by atoms with van der Waals surface area (Å²) in [4.78, 5) is 17.1. The van der Waals surface area contributed by atoms with E-state index in [0.29, 0.717) is 45.1 Å². The fourth-order valence-corrected chi connectivity index (χ4v) is 4.98. The minimum atomic E-state index is -3.40. The first kappa shape index (κ1) is 15.2. The van der Waals surface area contributed by atoms with Crippen LogP contribution in [-0.4, -0.2) is 80.4 Å². The van der Waals surface area contributed by atoms with Crippen LogP contribution in [0, 0.1) is 0 Å². The van der Waals surface area contributed by atoms with Gasteiger partial charge in [-0.15, -0.1) is 0 Å². The Hall–Kier alpha value is -0.660. The van der Waals surface area contributed by atoms with E-state index in [0.717, 1.165) is 13.1 Å². The summed E-state index contributed by atoms with van der Waals surface area (Å²) >= 11 is 0. The van der Waals surface area contributed by atoms with Crippen molar-refractivity contribution in [3.05, 3.63) is 0 Å². The minimum absolute atomic E-state index is 0.165. The smallest absolute Gasteiger partial charge is 0.244 e. The molecule has 2 saturated heterocycles. The molecule has 0 aromatic rings. The van der Waals surface area contributed by atoms with Crippen LogP contribution in [0.1, 0.15) is 25.7 Å². The summed E-state index contributed by atoms with van der Waals surface area (Å²) < 4.78 is 23.4. The molecule has 1 N–H and O–H groups in total. The number of nitrogens with one attached hydrogen (secondary N) is 1. The topological polar surface area (TPSA) is 69.7 Å². The van der Waals surface area contributed by atoms with Gasteiger partial charge in [0, 0.05) is 38.5 Å². The monoisotopic (exact) mass is 315 g/mol. The molecule has 3 rings (SSSR count). The molecule has 0 atom stereocenters. The zero-order valence-electron chi connectivity index (χ0n) is 12.7. The third-order valence-corrected chi connectivity index (χ3v) is 7.18. The highest BCUT2D eigenvalue weighted by Gasteiger charge is 2.51. The van der Waals surface area contributed by atoms with Gasteiger partial charge in [0.15, 0.2) is 14.6 Å². The van der Waals surface area contributed by atoms with E-state index in [-0.39, 0.29) is 5.91 Å². The normalized spacial score (nSPS) is 27.6. The van der Waals surface area contributed by atoms with E-state index in [1.807, 2.05) is 0 Å². The Kier molecular flexibility index (Phi) is 4.00. The zero-order valence-corrected chi connectivity index (χ0v) is 13.5. The first-order chi connectivity index (χ1) is 9.94. The van der Waals surface area contributed by atoms with Gasteiger partial charge in [-0.05, 0) is 38.8 Å². The molecular weight excluding hydrogens is 290 g/mol. The van der Waals surface area contributed by atoms with Crippen molar-refractivity contribution in [3.8, 4) is 0 Å². The number of piperazine rings is 1. The number of carbonyl (C=O) groups is 1.